The van der Waals surface area contributed by atoms with Crippen LogP contribution in [0.25, 0.3) is 17.0 Å². The predicted molar refractivity (Wildman–Crippen MR) is 148 cm³/mol. The minimum absolute atomic E-state index is 0. The first kappa shape index (κ1) is 25.8. The molecule has 1 saturated carbocycles. The van der Waals surface area contributed by atoms with Gasteiger partial charge < -0.3 is 24.1 Å². The van der Waals surface area contributed by atoms with Gasteiger partial charge in [-0.1, -0.05) is 12.2 Å². The number of hydrogen-bond acceptors (Lipinski definition) is 7. The first-order chi connectivity index (χ1) is 18.4. The highest BCUT2D eigenvalue weighted by atomic mass is 16.5. The standard InChI is InChI=1S/C29H35N5O4.H2/c1-19-14-23(19)26(15-22-6-7-30-20(22)2)38-29-24-16-28(27(36-4)17-25(24)31-18-32-29)37-13-5-8-33-9-11-34(12-10-33)21(3)35;/h6-7,15-18,23,30H,1,5,8-14H2,2-4H3;1H/b26-15+;. The van der Waals surface area contributed by atoms with Crippen LogP contribution in [0.4, 0.5) is 0 Å². The zero-order valence-electron chi connectivity index (χ0n) is 22.3. The van der Waals surface area contributed by atoms with Crippen LogP contribution < -0.4 is 14.2 Å². The Labute approximate surface area is 224 Å². The minimum atomic E-state index is 0. The van der Waals surface area contributed by atoms with Crippen molar-refractivity contribution in [3.05, 3.63) is 59.9 Å². The molecule has 1 saturated heterocycles. The number of hydrogen-bond donors (Lipinski definition) is 1. The lowest BCUT2D eigenvalue weighted by Crippen LogP contribution is -2.48. The van der Waals surface area contributed by atoms with Crippen LogP contribution >= 0.6 is 0 Å². The average Bonchev–Trinajstić information content (AvgIpc) is 3.52. The summed E-state index contributed by atoms with van der Waals surface area (Å²) in [6, 6.07) is 5.79. The van der Waals surface area contributed by atoms with Crippen molar-refractivity contribution in [2.75, 3.05) is 46.4 Å². The third-order valence-corrected chi connectivity index (χ3v) is 7.23. The molecule has 5 rings (SSSR count). The van der Waals surface area contributed by atoms with Crippen LogP contribution in [0, 0.1) is 12.8 Å². The number of methoxy groups -OCH3 is 1. The molecule has 1 amide bonds. The molecule has 1 aromatic carbocycles. The van der Waals surface area contributed by atoms with Crippen molar-refractivity contribution in [3.63, 3.8) is 0 Å². The number of aromatic nitrogens is 3. The van der Waals surface area contributed by atoms with Crippen LogP contribution in [0.15, 0.2) is 48.6 Å². The minimum Gasteiger partial charge on any atom is -0.493 e. The van der Waals surface area contributed by atoms with Gasteiger partial charge in [0.2, 0.25) is 11.8 Å². The molecule has 38 heavy (non-hydrogen) atoms. The van der Waals surface area contributed by atoms with E-state index in [1.54, 1.807) is 14.0 Å². The average molecular weight is 520 g/mol. The number of amides is 1. The van der Waals surface area contributed by atoms with Gasteiger partial charge in [-0.3, -0.25) is 9.69 Å². The van der Waals surface area contributed by atoms with Crippen molar-refractivity contribution < 1.29 is 20.4 Å². The lowest BCUT2D eigenvalue weighted by molar-refractivity contribution is -0.130. The van der Waals surface area contributed by atoms with E-state index in [-0.39, 0.29) is 13.3 Å². The summed E-state index contributed by atoms with van der Waals surface area (Å²) in [6.07, 6.45) is 7.25. The Morgan fingerprint density at radius 1 is 1.24 bits per heavy atom. The molecular weight excluding hydrogens is 482 g/mol. The number of aryl methyl sites for hydroxylation is 1. The zero-order valence-corrected chi connectivity index (χ0v) is 22.3. The molecule has 1 unspecified atom stereocenters. The smallest absolute Gasteiger partial charge is 0.229 e. The number of H-pyrrole nitrogens is 1. The number of piperazine rings is 1. The summed E-state index contributed by atoms with van der Waals surface area (Å²) in [4.78, 5) is 27.9. The van der Waals surface area contributed by atoms with E-state index in [2.05, 4.69) is 32.5 Å². The maximum atomic E-state index is 11.5. The fourth-order valence-electron chi connectivity index (χ4n) is 4.74. The summed E-state index contributed by atoms with van der Waals surface area (Å²) >= 11 is 0. The van der Waals surface area contributed by atoms with E-state index in [0.717, 1.165) is 73.5 Å². The van der Waals surface area contributed by atoms with Crippen LogP contribution in [-0.4, -0.2) is 77.1 Å². The molecule has 2 fully saturated rings. The Bertz CT molecular complexity index is 1360. The molecular formula is C29H37N5O4. The fourth-order valence-corrected chi connectivity index (χ4v) is 4.74. The molecule has 3 heterocycles. The van der Waals surface area contributed by atoms with Crippen molar-refractivity contribution in [2.24, 2.45) is 5.92 Å². The third kappa shape index (κ3) is 5.83. The van der Waals surface area contributed by atoms with Crippen LogP contribution in [0.5, 0.6) is 17.4 Å². The van der Waals surface area contributed by atoms with Crippen LogP contribution in [0.2, 0.25) is 0 Å². The number of nitrogens with one attached hydrogen (secondary N) is 1. The fraction of sp³-hybridized carbons (Fsp3) is 0.414. The van der Waals surface area contributed by atoms with Crippen molar-refractivity contribution >= 4 is 22.9 Å². The summed E-state index contributed by atoms with van der Waals surface area (Å²) in [6.45, 7) is 12.6. The SMILES string of the molecule is C=C1CC1/C(=C\c1cc[nH]c1C)Oc1ncnc2cc(OC)c(OCCCN3CCN(C(C)=O)CC3)cc12.[HH]. The Morgan fingerprint density at radius 3 is 2.68 bits per heavy atom. The number of carbonyl (C=O) groups is 1. The number of aromatic amines is 1. The predicted octanol–water partition coefficient (Wildman–Crippen LogP) is 4.45. The maximum absolute atomic E-state index is 11.5. The second-order valence-corrected chi connectivity index (χ2v) is 9.87. The normalized spacial score (nSPS) is 18.1. The topological polar surface area (TPSA) is 92.8 Å². The molecule has 9 heteroatoms. The Morgan fingerprint density at radius 2 is 2.03 bits per heavy atom. The van der Waals surface area contributed by atoms with Crippen LogP contribution in [0.1, 0.15) is 32.4 Å². The molecule has 1 atom stereocenters. The van der Waals surface area contributed by atoms with Gasteiger partial charge in [0.25, 0.3) is 0 Å². The van der Waals surface area contributed by atoms with Gasteiger partial charge in [-0.25, -0.2) is 9.97 Å². The molecule has 0 spiro atoms. The second kappa shape index (κ2) is 11.3. The molecule has 2 aromatic heterocycles. The van der Waals surface area contributed by atoms with Gasteiger partial charge in [0.05, 0.1) is 24.6 Å². The Hall–Kier alpha value is -3.85. The number of rotatable bonds is 10. The first-order valence-electron chi connectivity index (χ1n) is 13.1. The third-order valence-electron chi connectivity index (χ3n) is 7.23. The number of benzene rings is 1. The highest BCUT2D eigenvalue weighted by Gasteiger charge is 2.34. The van der Waals surface area contributed by atoms with Gasteiger partial charge in [-0.2, -0.15) is 0 Å². The lowest BCUT2D eigenvalue weighted by Gasteiger charge is -2.34. The van der Waals surface area contributed by atoms with E-state index in [4.69, 9.17) is 14.2 Å². The lowest BCUT2D eigenvalue weighted by atomic mass is 10.2. The van der Waals surface area contributed by atoms with Crippen molar-refractivity contribution in [2.45, 2.75) is 26.7 Å². The quantitative estimate of drug-likeness (QED) is 0.240. The van der Waals surface area contributed by atoms with Crippen LogP contribution in [0.3, 0.4) is 0 Å². The molecule has 3 aromatic rings. The van der Waals surface area contributed by atoms with E-state index < -0.39 is 0 Å². The molecule has 2 aliphatic rings. The van der Waals surface area contributed by atoms with Gasteiger partial charge in [0, 0.05) is 64.9 Å². The largest absolute Gasteiger partial charge is 0.493 e. The van der Waals surface area contributed by atoms with E-state index >= 15 is 0 Å². The van der Waals surface area contributed by atoms with Crippen molar-refractivity contribution in [3.8, 4) is 17.4 Å². The van der Waals surface area contributed by atoms with Gasteiger partial charge in [0.15, 0.2) is 11.5 Å². The monoisotopic (exact) mass is 519 g/mol. The molecule has 1 N–H and O–H groups in total. The highest BCUT2D eigenvalue weighted by molar-refractivity contribution is 5.87. The molecule has 0 radical (unpaired) electrons. The van der Waals surface area contributed by atoms with E-state index in [9.17, 15) is 4.79 Å². The number of fused-ring (bicyclic) bond motifs is 1. The van der Waals surface area contributed by atoms with E-state index in [1.807, 2.05) is 36.2 Å². The Balaban J connectivity index is 0.00000353. The molecule has 0 bridgehead atoms. The number of nitrogens with zero attached hydrogens (tertiary/aromatic N) is 4. The summed E-state index contributed by atoms with van der Waals surface area (Å²) in [5, 5.41) is 0.756. The van der Waals surface area contributed by atoms with E-state index in [0.29, 0.717) is 29.5 Å². The first-order valence-corrected chi connectivity index (χ1v) is 13.1. The van der Waals surface area contributed by atoms with Crippen molar-refractivity contribution in [1.82, 2.24) is 24.8 Å². The molecule has 1 aliphatic heterocycles. The van der Waals surface area contributed by atoms with Gasteiger partial charge in [-0.05, 0) is 43.5 Å². The second-order valence-electron chi connectivity index (χ2n) is 9.87. The number of ether oxygens (including phenoxy) is 3. The highest BCUT2D eigenvalue weighted by Crippen LogP contribution is 2.44. The van der Waals surface area contributed by atoms with Gasteiger partial charge in [0.1, 0.15) is 12.1 Å². The molecule has 1 aliphatic carbocycles. The molecule has 202 valence electrons. The van der Waals surface area contributed by atoms with Gasteiger partial charge in [-0.15, -0.1) is 0 Å². The Kier molecular flexibility index (Phi) is 7.64. The molecule has 9 nitrogen and oxygen atoms in total. The summed E-state index contributed by atoms with van der Waals surface area (Å²) < 4.78 is 18.2. The van der Waals surface area contributed by atoms with Gasteiger partial charge >= 0.3 is 0 Å². The van der Waals surface area contributed by atoms with E-state index in [1.165, 1.54) is 6.33 Å². The summed E-state index contributed by atoms with van der Waals surface area (Å²) in [7, 11) is 1.62. The van der Waals surface area contributed by atoms with Crippen LogP contribution in [-0.2, 0) is 4.79 Å². The number of allylic oxidation sites excluding steroid dienone is 1. The van der Waals surface area contributed by atoms with Crippen molar-refractivity contribution in [1.29, 1.82) is 0 Å². The maximum Gasteiger partial charge on any atom is 0.229 e. The summed E-state index contributed by atoms with van der Waals surface area (Å²) in [5.41, 5.74) is 4.02. The zero-order chi connectivity index (χ0) is 26.6. The number of carbonyl (C=O) groups excluding carboxylic acids is 1. The summed E-state index contributed by atoms with van der Waals surface area (Å²) in [5.74, 6) is 2.87.